The molecule has 34 heavy (non-hydrogen) atoms. The van der Waals surface area contributed by atoms with Gasteiger partial charge in [-0.15, -0.1) is 17.9 Å². The van der Waals surface area contributed by atoms with Crippen LogP contribution in [0.25, 0.3) is 21.5 Å². The number of nitrogens with one attached hydrogen (secondary N) is 1. The summed E-state index contributed by atoms with van der Waals surface area (Å²) in [6.07, 6.45) is 1.65. The van der Waals surface area contributed by atoms with Crippen molar-refractivity contribution in [1.82, 2.24) is 9.55 Å². The lowest BCUT2D eigenvalue weighted by Crippen LogP contribution is -2.23. The Bertz CT molecular complexity index is 1410. The van der Waals surface area contributed by atoms with Crippen LogP contribution < -0.4 is 10.9 Å². The van der Waals surface area contributed by atoms with Crippen molar-refractivity contribution in [1.29, 1.82) is 0 Å². The van der Waals surface area contributed by atoms with Crippen LogP contribution in [0.2, 0.25) is 0 Å². The fourth-order valence-electron chi connectivity index (χ4n) is 3.55. The Morgan fingerprint density at radius 2 is 1.97 bits per heavy atom. The van der Waals surface area contributed by atoms with Crippen LogP contribution in [-0.4, -0.2) is 21.2 Å². The van der Waals surface area contributed by atoms with E-state index < -0.39 is 0 Å². The largest absolute Gasteiger partial charge is 0.461 e. The number of allylic oxidation sites excluding steroid dienone is 1. The first-order chi connectivity index (χ1) is 16.2. The number of fused-ring (bicyclic) bond motifs is 1. The van der Waals surface area contributed by atoms with Crippen molar-refractivity contribution in [2.75, 3.05) is 11.1 Å². The summed E-state index contributed by atoms with van der Waals surface area (Å²) in [7, 11) is 0. The molecule has 6 nitrogen and oxygen atoms in total. The molecule has 0 unspecified atom stereocenters. The molecule has 0 saturated heterocycles. The van der Waals surface area contributed by atoms with Gasteiger partial charge in [-0.25, -0.2) is 4.98 Å². The van der Waals surface area contributed by atoms with Gasteiger partial charge in [-0.05, 0) is 42.2 Å². The van der Waals surface area contributed by atoms with Gasteiger partial charge >= 0.3 is 0 Å². The third-order valence-corrected chi connectivity index (χ3v) is 7.19. The quantitative estimate of drug-likeness (QED) is 0.187. The Hall–Kier alpha value is -3.10. The molecule has 0 atom stereocenters. The smallest absolute Gasteiger partial charge is 0.263 e. The van der Waals surface area contributed by atoms with Gasteiger partial charge in [-0.1, -0.05) is 50.7 Å². The second-order valence-electron chi connectivity index (χ2n) is 9.00. The van der Waals surface area contributed by atoms with Crippen molar-refractivity contribution in [3.8, 4) is 11.3 Å². The maximum Gasteiger partial charge on any atom is 0.263 e. The van der Waals surface area contributed by atoms with Crippen LogP contribution in [0.5, 0.6) is 0 Å². The molecule has 1 aromatic carbocycles. The molecule has 176 valence electrons. The highest BCUT2D eigenvalue weighted by atomic mass is 32.2. The molecule has 0 saturated carbocycles. The van der Waals surface area contributed by atoms with Gasteiger partial charge in [-0.2, -0.15) is 0 Å². The highest BCUT2D eigenvalue weighted by Gasteiger charge is 2.19. The average molecular weight is 494 g/mol. The Morgan fingerprint density at radius 1 is 1.24 bits per heavy atom. The van der Waals surface area contributed by atoms with E-state index in [2.05, 4.69) is 32.7 Å². The van der Waals surface area contributed by atoms with Crippen molar-refractivity contribution in [2.45, 2.75) is 44.8 Å². The fourth-order valence-corrected chi connectivity index (χ4v) is 5.32. The number of amides is 1. The number of rotatable bonds is 7. The van der Waals surface area contributed by atoms with Crippen LogP contribution in [0, 0.1) is 6.92 Å². The van der Waals surface area contributed by atoms with Crippen LogP contribution in [-0.2, 0) is 16.8 Å². The maximum absolute atomic E-state index is 13.4. The van der Waals surface area contributed by atoms with E-state index in [-0.39, 0.29) is 22.6 Å². The lowest BCUT2D eigenvalue weighted by molar-refractivity contribution is -0.113. The van der Waals surface area contributed by atoms with Gasteiger partial charge < -0.3 is 9.73 Å². The summed E-state index contributed by atoms with van der Waals surface area (Å²) in [6, 6.07) is 11.6. The number of aryl methyl sites for hydroxylation is 1. The van der Waals surface area contributed by atoms with Crippen LogP contribution >= 0.6 is 23.1 Å². The zero-order chi connectivity index (χ0) is 24.5. The molecule has 4 rings (SSSR count). The summed E-state index contributed by atoms with van der Waals surface area (Å²) in [5, 5.41) is 5.81. The van der Waals surface area contributed by atoms with E-state index in [0.29, 0.717) is 27.7 Å². The predicted molar refractivity (Wildman–Crippen MR) is 141 cm³/mol. The van der Waals surface area contributed by atoms with Crippen molar-refractivity contribution in [3.63, 3.8) is 0 Å². The number of aromatic nitrogens is 2. The number of nitrogens with zero attached hydrogens (tertiary/aromatic N) is 2. The number of thiophene rings is 1. The lowest BCUT2D eigenvalue weighted by Gasteiger charge is -2.19. The number of furan rings is 1. The average Bonchev–Trinajstić information content (AvgIpc) is 3.40. The van der Waals surface area contributed by atoms with Crippen LogP contribution in [0.15, 0.2) is 68.8 Å². The first-order valence-electron chi connectivity index (χ1n) is 10.9. The zero-order valence-electron chi connectivity index (χ0n) is 19.7. The van der Waals surface area contributed by atoms with Crippen LogP contribution in [0.1, 0.15) is 32.1 Å². The number of carbonyl (C=O) groups is 1. The minimum atomic E-state index is -0.170. The molecule has 0 aliphatic heterocycles. The molecule has 8 heteroatoms. The van der Waals surface area contributed by atoms with Crippen molar-refractivity contribution in [2.24, 2.45) is 0 Å². The molecular formula is C26H27N3O3S2. The number of anilines is 1. The van der Waals surface area contributed by atoms with E-state index in [9.17, 15) is 9.59 Å². The van der Waals surface area contributed by atoms with Gasteiger partial charge in [0, 0.05) is 23.2 Å². The molecule has 3 heterocycles. The third kappa shape index (κ3) is 5.03. The van der Waals surface area contributed by atoms with Gasteiger partial charge in [0.1, 0.15) is 16.4 Å². The SMILES string of the molecule is C=CCn1c(SCC(=O)Nc2ccc(C(C)(C)C)cc2)nc2scc(-c3ccc(C)o3)c2c1=O. The summed E-state index contributed by atoms with van der Waals surface area (Å²) >= 11 is 2.62. The summed E-state index contributed by atoms with van der Waals surface area (Å²) in [4.78, 5) is 31.3. The molecule has 0 bridgehead atoms. The number of hydrogen-bond donors (Lipinski definition) is 1. The number of thioether (sulfide) groups is 1. The number of hydrogen-bond acceptors (Lipinski definition) is 6. The fraction of sp³-hybridized carbons (Fsp3) is 0.269. The molecular weight excluding hydrogens is 466 g/mol. The molecule has 0 aliphatic carbocycles. The highest BCUT2D eigenvalue weighted by molar-refractivity contribution is 7.99. The Balaban J connectivity index is 1.55. The molecule has 3 aromatic heterocycles. The second kappa shape index (κ2) is 9.64. The van der Waals surface area contributed by atoms with Crippen molar-refractivity contribution >= 4 is 44.9 Å². The summed E-state index contributed by atoms with van der Waals surface area (Å²) in [5.41, 5.74) is 2.55. The Kier molecular flexibility index (Phi) is 6.81. The molecule has 0 aliphatic rings. The Labute approximate surface area is 206 Å². The third-order valence-electron chi connectivity index (χ3n) is 5.34. The van der Waals surface area contributed by atoms with Crippen LogP contribution in [0.4, 0.5) is 5.69 Å². The summed E-state index contributed by atoms with van der Waals surface area (Å²) < 4.78 is 7.29. The molecule has 0 fully saturated rings. The number of benzene rings is 1. The van der Waals surface area contributed by atoms with E-state index >= 15 is 0 Å². The predicted octanol–water partition coefficient (Wildman–Crippen LogP) is 6.24. The topological polar surface area (TPSA) is 77.1 Å². The van der Waals surface area contributed by atoms with Gasteiger partial charge in [0.15, 0.2) is 5.16 Å². The molecule has 0 radical (unpaired) electrons. The maximum atomic E-state index is 13.4. The van der Waals surface area contributed by atoms with E-state index in [0.717, 1.165) is 17.0 Å². The monoisotopic (exact) mass is 493 g/mol. The molecule has 1 N–H and O–H groups in total. The van der Waals surface area contributed by atoms with E-state index in [1.165, 1.54) is 28.7 Å². The first-order valence-corrected chi connectivity index (χ1v) is 12.8. The summed E-state index contributed by atoms with van der Waals surface area (Å²) in [6.45, 7) is 12.4. The molecule has 1 amide bonds. The van der Waals surface area contributed by atoms with E-state index in [1.54, 1.807) is 10.6 Å². The zero-order valence-corrected chi connectivity index (χ0v) is 21.3. The molecule has 4 aromatic rings. The Morgan fingerprint density at radius 3 is 2.59 bits per heavy atom. The number of carbonyl (C=O) groups excluding carboxylic acids is 1. The lowest BCUT2D eigenvalue weighted by atomic mass is 9.87. The first kappa shape index (κ1) is 24.0. The van der Waals surface area contributed by atoms with Gasteiger partial charge in [0.05, 0.1) is 11.1 Å². The van der Waals surface area contributed by atoms with E-state index in [1.807, 2.05) is 48.7 Å². The highest BCUT2D eigenvalue weighted by Crippen LogP contribution is 2.33. The van der Waals surface area contributed by atoms with Gasteiger partial charge in [-0.3, -0.25) is 14.2 Å². The minimum Gasteiger partial charge on any atom is -0.461 e. The normalized spacial score (nSPS) is 11.6. The van der Waals surface area contributed by atoms with Crippen molar-refractivity contribution < 1.29 is 9.21 Å². The van der Waals surface area contributed by atoms with Gasteiger partial charge in [0.25, 0.3) is 5.56 Å². The van der Waals surface area contributed by atoms with Crippen LogP contribution in [0.3, 0.4) is 0 Å². The van der Waals surface area contributed by atoms with Crippen molar-refractivity contribution in [3.05, 3.63) is 76.1 Å². The molecule has 0 spiro atoms. The van der Waals surface area contributed by atoms with E-state index in [4.69, 9.17) is 9.40 Å². The second-order valence-corrected chi connectivity index (χ2v) is 10.8. The van der Waals surface area contributed by atoms with Gasteiger partial charge in [0.2, 0.25) is 5.91 Å². The standard InChI is InChI=1S/C26H27N3O3S2/c1-6-13-29-24(31)22-19(20-12-7-16(2)32-20)14-33-23(22)28-25(29)34-15-21(30)27-18-10-8-17(9-11-18)26(3,4)5/h6-12,14H,1,13,15H2,2-5H3,(H,27,30). The minimum absolute atomic E-state index is 0.0505. The summed E-state index contributed by atoms with van der Waals surface area (Å²) in [5.74, 6) is 1.39.